The standard InChI is InChI=1S/C26H17NO5/c1-16-2-6-18(7-3-16)31-20-10-12-22-23-13-11-21(15-25(23)26(28)24(22)14-20)32-19-8-4-17(5-9-19)27(29)30/h2-15H,1H3. The van der Waals surface area contributed by atoms with Gasteiger partial charge in [0.2, 0.25) is 0 Å². The number of carbonyl (C=O) groups excluding carboxylic acids is 1. The molecule has 0 bridgehead atoms. The first-order valence-corrected chi connectivity index (χ1v) is 9.98. The highest BCUT2D eigenvalue weighted by Gasteiger charge is 2.27. The molecule has 6 nitrogen and oxygen atoms in total. The molecule has 32 heavy (non-hydrogen) atoms. The highest BCUT2D eigenvalue weighted by Crippen LogP contribution is 2.41. The summed E-state index contributed by atoms with van der Waals surface area (Å²) in [6.45, 7) is 2.01. The van der Waals surface area contributed by atoms with Crippen LogP contribution in [0.25, 0.3) is 11.1 Å². The molecular formula is C26H17NO5. The number of nitrogens with zero attached hydrogens (tertiary/aromatic N) is 1. The number of nitro groups is 1. The summed E-state index contributed by atoms with van der Waals surface area (Å²) in [6, 6.07) is 24.3. The molecule has 0 aliphatic heterocycles. The van der Waals surface area contributed by atoms with Gasteiger partial charge in [-0.1, -0.05) is 17.7 Å². The third-order valence-electron chi connectivity index (χ3n) is 5.30. The third kappa shape index (κ3) is 3.58. The van der Waals surface area contributed by atoms with E-state index in [-0.39, 0.29) is 11.5 Å². The Bertz CT molecular complexity index is 1360. The summed E-state index contributed by atoms with van der Waals surface area (Å²) >= 11 is 0. The zero-order valence-electron chi connectivity index (χ0n) is 17.1. The number of hydrogen-bond donors (Lipinski definition) is 0. The first kappa shape index (κ1) is 19.5. The summed E-state index contributed by atoms with van der Waals surface area (Å²) in [5, 5.41) is 10.8. The smallest absolute Gasteiger partial charge is 0.269 e. The minimum Gasteiger partial charge on any atom is -0.457 e. The van der Waals surface area contributed by atoms with E-state index in [4.69, 9.17) is 9.47 Å². The monoisotopic (exact) mass is 423 g/mol. The predicted molar refractivity (Wildman–Crippen MR) is 120 cm³/mol. The van der Waals surface area contributed by atoms with Crippen LogP contribution in [0.1, 0.15) is 21.5 Å². The lowest BCUT2D eigenvalue weighted by Gasteiger charge is -2.08. The van der Waals surface area contributed by atoms with E-state index >= 15 is 0 Å². The summed E-state index contributed by atoms with van der Waals surface area (Å²) < 4.78 is 11.7. The van der Waals surface area contributed by atoms with Crippen molar-refractivity contribution in [3.63, 3.8) is 0 Å². The second-order valence-electron chi connectivity index (χ2n) is 7.51. The van der Waals surface area contributed by atoms with Gasteiger partial charge >= 0.3 is 0 Å². The van der Waals surface area contributed by atoms with Crippen molar-refractivity contribution in [3.05, 3.63) is 112 Å². The van der Waals surface area contributed by atoms with E-state index < -0.39 is 4.92 Å². The van der Waals surface area contributed by atoms with Gasteiger partial charge in [0.1, 0.15) is 23.0 Å². The molecule has 0 radical (unpaired) electrons. The molecule has 0 aromatic heterocycles. The molecule has 0 N–H and O–H groups in total. The van der Waals surface area contributed by atoms with Gasteiger partial charge in [-0.05, 0) is 78.7 Å². The third-order valence-corrected chi connectivity index (χ3v) is 5.30. The molecular weight excluding hydrogens is 406 g/mol. The molecule has 0 heterocycles. The van der Waals surface area contributed by atoms with Gasteiger partial charge in [-0.15, -0.1) is 0 Å². The zero-order chi connectivity index (χ0) is 22.2. The lowest BCUT2D eigenvalue weighted by Crippen LogP contribution is -1.96. The fraction of sp³-hybridized carbons (Fsp3) is 0.0385. The molecule has 156 valence electrons. The zero-order valence-corrected chi connectivity index (χ0v) is 17.1. The van der Waals surface area contributed by atoms with Crippen molar-refractivity contribution in [2.75, 3.05) is 0 Å². The molecule has 0 unspecified atom stereocenters. The van der Waals surface area contributed by atoms with E-state index in [1.54, 1.807) is 18.2 Å². The Morgan fingerprint density at radius 1 is 0.625 bits per heavy atom. The molecule has 0 amide bonds. The molecule has 1 aliphatic carbocycles. The van der Waals surface area contributed by atoms with Gasteiger partial charge in [0.25, 0.3) is 5.69 Å². The number of ether oxygens (including phenoxy) is 2. The van der Waals surface area contributed by atoms with E-state index in [1.165, 1.54) is 24.3 Å². The fourth-order valence-corrected chi connectivity index (χ4v) is 3.68. The number of fused-ring (bicyclic) bond motifs is 3. The summed E-state index contributed by atoms with van der Waals surface area (Å²) in [7, 11) is 0. The van der Waals surface area contributed by atoms with Crippen molar-refractivity contribution in [3.8, 4) is 34.1 Å². The van der Waals surface area contributed by atoms with Crippen molar-refractivity contribution >= 4 is 11.5 Å². The van der Waals surface area contributed by atoms with Crippen molar-refractivity contribution in [1.29, 1.82) is 0 Å². The van der Waals surface area contributed by atoms with E-state index in [9.17, 15) is 14.9 Å². The average molecular weight is 423 g/mol. The molecule has 0 fully saturated rings. The topological polar surface area (TPSA) is 78.7 Å². The second-order valence-corrected chi connectivity index (χ2v) is 7.51. The number of carbonyl (C=O) groups is 1. The molecule has 0 saturated carbocycles. The number of benzene rings is 4. The van der Waals surface area contributed by atoms with Crippen LogP contribution in [0.2, 0.25) is 0 Å². The SMILES string of the molecule is Cc1ccc(Oc2ccc3c(c2)C(=O)c2cc(Oc4ccc([N+](=O)[O-])cc4)ccc2-3)cc1. The highest BCUT2D eigenvalue weighted by molar-refractivity contribution is 6.22. The fourth-order valence-electron chi connectivity index (χ4n) is 3.68. The van der Waals surface area contributed by atoms with Crippen molar-refractivity contribution < 1.29 is 19.2 Å². The van der Waals surface area contributed by atoms with Gasteiger partial charge in [0.05, 0.1) is 4.92 Å². The van der Waals surface area contributed by atoms with E-state index in [0.29, 0.717) is 34.1 Å². The second kappa shape index (κ2) is 7.67. The van der Waals surface area contributed by atoms with Gasteiger partial charge in [0.15, 0.2) is 5.78 Å². The van der Waals surface area contributed by atoms with Crippen LogP contribution >= 0.6 is 0 Å². The number of hydrogen-bond acceptors (Lipinski definition) is 5. The first-order chi connectivity index (χ1) is 15.5. The molecule has 5 rings (SSSR count). The Morgan fingerprint density at radius 2 is 1.06 bits per heavy atom. The molecule has 1 aliphatic rings. The number of nitro benzene ring substituents is 1. The van der Waals surface area contributed by atoms with Gasteiger partial charge in [-0.2, -0.15) is 0 Å². The normalized spacial score (nSPS) is 11.6. The Hall–Kier alpha value is -4.45. The molecule has 0 saturated heterocycles. The first-order valence-electron chi connectivity index (χ1n) is 9.98. The van der Waals surface area contributed by atoms with Crippen LogP contribution in [0.15, 0.2) is 84.9 Å². The van der Waals surface area contributed by atoms with Crippen LogP contribution in [0.5, 0.6) is 23.0 Å². The maximum absolute atomic E-state index is 13.1. The molecule has 0 atom stereocenters. The van der Waals surface area contributed by atoms with Crippen LogP contribution in [0.3, 0.4) is 0 Å². The maximum Gasteiger partial charge on any atom is 0.269 e. The minimum atomic E-state index is -0.466. The van der Waals surface area contributed by atoms with Crippen LogP contribution in [0, 0.1) is 17.0 Å². The summed E-state index contributed by atoms with van der Waals surface area (Å²) in [6.07, 6.45) is 0. The van der Waals surface area contributed by atoms with Crippen LogP contribution < -0.4 is 9.47 Å². The van der Waals surface area contributed by atoms with E-state index in [1.807, 2.05) is 49.4 Å². The van der Waals surface area contributed by atoms with Crippen molar-refractivity contribution in [1.82, 2.24) is 0 Å². The van der Waals surface area contributed by atoms with Crippen LogP contribution in [0.4, 0.5) is 5.69 Å². The molecule has 4 aromatic rings. The number of non-ortho nitro benzene ring substituents is 1. The average Bonchev–Trinajstić information content (AvgIpc) is 3.07. The molecule has 0 spiro atoms. The summed E-state index contributed by atoms with van der Waals surface area (Å²) in [5.41, 5.74) is 3.94. The molecule has 6 heteroatoms. The van der Waals surface area contributed by atoms with Gasteiger partial charge in [-0.3, -0.25) is 14.9 Å². The number of rotatable bonds is 5. The summed E-state index contributed by atoms with van der Waals surface area (Å²) in [5.74, 6) is 2.13. The van der Waals surface area contributed by atoms with Crippen LogP contribution in [-0.4, -0.2) is 10.7 Å². The van der Waals surface area contributed by atoms with Gasteiger partial charge in [-0.25, -0.2) is 0 Å². The summed E-state index contributed by atoms with van der Waals surface area (Å²) in [4.78, 5) is 23.4. The quantitative estimate of drug-likeness (QED) is 0.232. The number of aryl methyl sites for hydroxylation is 1. The predicted octanol–water partition coefficient (Wildman–Crippen LogP) is 6.70. The van der Waals surface area contributed by atoms with Crippen molar-refractivity contribution in [2.24, 2.45) is 0 Å². The molecule has 4 aromatic carbocycles. The lowest BCUT2D eigenvalue weighted by molar-refractivity contribution is -0.384. The Kier molecular flexibility index (Phi) is 4.67. The van der Waals surface area contributed by atoms with Gasteiger partial charge in [0, 0.05) is 23.3 Å². The van der Waals surface area contributed by atoms with E-state index in [0.717, 1.165) is 16.7 Å². The number of ketones is 1. The van der Waals surface area contributed by atoms with E-state index in [2.05, 4.69) is 0 Å². The van der Waals surface area contributed by atoms with Gasteiger partial charge < -0.3 is 9.47 Å². The van der Waals surface area contributed by atoms with Crippen molar-refractivity contribution in [2.45, 2.75) is 6.92 Å². The Morgan fingerprint density at radius 3 is 1.53 bits per heavy atom. The maximum atomic E-state index is 13.1. The Labute approximate surface area is 183 Å². The highest BCUT2D eigenvalue weighted by atomic mass is 16.6. The largest absolute Gasteiger partial charge is 0.457 e. The Balaban J connectivity index is 1.39. The lowest BCUT2D eigenvalue weighted by atomic mass is 10.1. The van der Waals surface area contributed by atoms with Crippen LogP contribution in [-0.2, 0) is 0 Å². The minimum absolute atomic E-state index is 0.0133.